The van der Waals surface area contributed by atoms with Gasteiger partial charge in [0.25, 0.3) is 11.4 Å². The van der Waals surface area contributed by atoms with E-state index in [1.807, 2.05) is 0 Å². The molecule has 0 N–H and O–H groups in total. The quantitative estimate of drug-likeness (QED) is 0.405. The average molecular weight is 159 g/mol. The summed E-state index contributed by atoms with van der Waals surface area (Å²) in [6, 6.07) is 6.40. The first-order valence-corrected chi connectivity index (χ1v) is 3.24. The minimum atomic E-state index is -0.0582. The number of rotatable bonds is 0. The van der Waals surface area contributed by atoms with Crippen LogP contribution in [-0.2, 0) is 0 Å². The van der Waals surface area contributed by atoms with Gasteiger partial charge in [-0.15, -0.1) is 4.73 Å². The van der Waals surface area contributed by atoms with Crippen molar-refractivity contribution in [2.24, 2.45) is 0 Å². The largest absolute Gasteiger partial charge is 0.617 e. The molecule has 0 aliphatic heterocycles. The van der Waals surface area contributed by atoms with E-state index in [0.717, 1.165) is 0 Å². The fourth-order valence-electron chi connectivity index (χ4n) is 0.847. The minimum absolute atomic E-state index is 0.0194. The molecule has 0 atom stereocenters. The van der Waals surface area contributed by atoms with Crippen LogP contribution in [0.4, 0.5) is 0 Å². The number of aromatic nitrogens is 1. The Balaban J connectivity index is 3.50. The third-order valence-electron chi connectivity index (χ3n) is 1.51. The van der Waals surface area contributed by atoms with Gasteiger partial charge in [0.2, 0.25) is 0 Å². The van der Waals surface area contributed by atoms with Crippen LogP contribution in [0.3, 0.4) is 0 Å². The van der Waals surface area contributed by atoms with Crippen molar-refractivity contribution in [2.75, 3.05) is 0 Å². The summed E-state index contributed by atoms with van der Waals surface area (Å²) in [5.41, 5.74) is 0.498. The lowest BCUT2D eigenvalue weighted by atomic mass is 10.2. The van der Waals surface area contributed by atoms with E-state index in [2.05, 4.69) is 0 Å². The Bertz CT molecular complexity index is 398. The first-order chi connectivity index (χ1) is 5.70. The summed E-state index contributed by atoms with van der Waals surface area (Å²) in [7, 11) is 0. The highest BCUT2D eigenvalue weighted by Crippen LogP contribution is 2.01. The van der Waals surface area contributed by atoms with E-state index in [1.165, 1.54) is 6.07 Å². The van der Waals surface area contributed by atoms with E-state index >= 15 is 0 Å². The second-order valence-corrected chi connectivity index (χ2v) is 2.27. The third kappa shape index (κ3) is 1.06. The first-order valence-electron chi connectivity index (χ1n) is 3.24. The smallest absolute Gasteiger partial charge is 0.298 e. The molecule has 58 valence electrons. The molecular formula is C8H5N3O. The van der Waals surface area contributed by atoms with Gasteiger partial charge in [-0.1, -0.05) is 0 Å². The second kappa shape index (κ2) is 2.89. The van der Waals surface area contributed by atoms with Gasteiger partial charge in [0, 0.05) is 11.6 Å². The Morgan fingerprint density at radius 2 is 2.00 bits per heavy atom. The Labute approximate surface area is 69.5 Å². The Hall–Kier alpha value is -2.07. The van der Waals surface area contributed by atoms with Gasteiger partial charge in [-0.05, 0) is 13.0 Å². The van der Waals surface area contributed by atoms with E-state index in [4.69, 9.17) is 10.5 Å². The zero-order chi connectivity index (χ0) is 9.14. The van der Waals surface area contributed by atoms with Crippen LogP contribution in [-0.4, -0.2) is 0 Å². The summed E-state index contributed by atoms with van der Waals surface area (Å²) in [6.45, 7) is 1.65. The highest BCUT2D eigenvalue weighted by molar-refractivity contribution is 5.29. The highest BCUT2D eigenvalue weighted by Gasteiger charge is 2.12. The number of hydrogen-bond acceptors (Lipinski definition) is 3. The zero-order valence-corrected chi connectivity index (χ0v) is 6.40. The van der Waals surface area contributed by atoms with Crippen LogP contribution >= 0.6 is 0 Å². The topological polar surface area (TPSA) is 74.5 Å². The maximum absolute atomic E-state index is 11.1. The number of nitriles is 2. The van der Waals surface area contributed by atoms with Crippen molar-refractivity contribution in [3.05, 3.63) is 34.3 Å². The van der Waals surface area contributed by atoms with E-state index in [-0.39, 0.29) is 11.4 Å². The molecule has 1 heterocycles. The number of aryl methyl sites for hydroxylation is 1. The third-order valence-corrected chi connectivity index (χ3v) is 1.51. The Morgan fingerprint density at radius 1 is 1.33 bits per heavy atom. The molecule has 0 saturated carbocycles. The molecule has 0 aliphatic carbocycles. The summed E-state index contributed by atoms with van der Waals surface area (Å²) in [5, 5.41) is 28.1. The fourth-order valence-corrected chi connectivity index (χ4v) is 0.847. The number of pyridine rings is 1. The van der Waals surface area contributed by atoms with Crippen molar-refractivity contribution >= 4 is 0 Å². The molecule has 1 rings (SSSR count). The van der Waals surface area contributed by atoms with Crippen molar-refractivity contribution in [1.82, 2.24) is 0 Å². The van der Waals surface area contributed by atoms with Crippen LogP contribution < -0.4 is 4.73 Å². The number of hydrogen-bond donors (Lipinski definition) is 0. The average Bonchev–Trinajstić information content (AvgIpc) is 2.06. The molecule has 4 nitrogen and oxygen atoms in total. The van der Waals surface area contributed by atoms with Crippen LogP contribution in [0, 0.1) is 34.8 Å². The lowest BCUT2D eigenvalue weighted by molar-refractivity contribution is -0.611. The van der Waals surface area contributed by atoms with E-state index in [0.29, 0.717) is 10.3 Å². The van der Waals surface area contributed by atoms with E-state index < -0.39 is 0 Å². The molecule has 0 spiro atoms. The molecular weight excluding hydrogens is 154 g/mol. The maximum Gasteiger partial charge on any atom is 0.298 e. The highest BCUT2D eigenvalue weighted by atomic mass is 16.5. The maximum atomic E-state index is 11.1. The van der Waals surface area contributed by atoms with E-state index in [1.54, 1.807) is 25.1 Å². The zero-order valence-electron chi connectivity index (χ0n) is 6.40. The molecule has 0 bridgehead atoms. The molecule has 12 heavy (non-hydrogen) atoms. The SMILES string of the molecule is Cc1ccc(C#N)[n+]([O-])c1C#N. The van der Waals surface area contributed by atoms with Crippen LogP contribution in [0.25, 0.3) is 0 Å². The summed E-state index contributed by atoms with van der Waals surface area (Å²) in [4.78, 5) is 0. The lowest BCUT2D eigenvalue weighted by Crippen LogP contribution is -2.35. The molecule has 0 radical (unpaired) electrons. The minimum Gasteiger partial charge on any atom is -0.617 e. The molecule has 0 unspecified atom stereocenters. The van der Waals surface area contributed by atoms with Gasteiger partial charge in [0.15, 0.2) is 12.1 Å². The molecule has 1 aromatic rings. The molecule has 0 aromatic carbocycles. The van der Waals surface area contributed by atoms with Crippen LogP contribution in [0.5, 0.6) is 0 Å². The normalized spacial score (nSPS) is 8.58. The lowest BCUT2D eigenvalue weighted by Gasteiger charge is -2.00. The Morgan fingerprint density at radius 3 is 2.50 bits per heavy atom. The van der Waals surface area contributed by atoms with Crippen LogP contribution in [0.2, 0.25) is 0 Å². The van der Waals surface area contributed by atoms with Gasteiger partial charge in [-0.25, -0.2) is 0 Å². The van der Waals surface area contributed by atoms with Gasteiger partial charge in [-0.2, -0.15) is 10.5 Å². The molecule has 0 fully saturated rings. The second-order valence-electron chi connectivity index (χ2n) is 2.27. The van der Waals surface area contributed by atoms with Crippen molar-refractivity contribution < 1.29 is 4.73 Å². The summed E-state index contributed by atoms with van der Waals surface area (Å²) in [6.07, 6.45) is 0. The summed E-state index contributed by atoms with van der Waals surface area (Å²) < 4.78 is 0.343. The van der Waals surface area contributed by atoms with E-state index in [9.17, 15) is 5.21 Å². The summed E-state index contributed by atoms with van der Waals surface area (Å²) in [5.74, 6) is 0. The molecule has 0 saturated heterocycles. The Kier molecular flexibility index (Phi) is 1.94. The molecule has 0 amide bonds. The van der Waals surface area contributed by atoms with Crippen LogP contribution in [0.15, 0.2) is 12.1 Å². The molecule has 4 heteroatoms. The van der Waals surface area contributed by atoms with Crippen molar-refractivity contribution in [3.8, 4) is 12.1 Å². The number of nitrogens with zero attached hydrogens (tertiary/aromatic N) is 3. The van der Waals surface area contributed by atoms with Crippen molar-refractivity contribution in [1.29, 1.82) is 10.5 Å². The molecule has 1 aromatic heterocycles. The monoisotopic (exact) mass is 159 g/mol. The van der Waals surface area contributed by atoms with Gasteiger partial charge in [-0.3, -0.25) is 0 Å². The standard InChI is InChI=1S/C8H5N3O/c1-6-2-3-7(4-9)11(12)8(6)5-10/h2-3H,1H3. The van der Waals surface area contributed by atoms with Crippen molar-refractivity contribution in [2.45, 2.75) is 6.92 Å². The fraction of sp³-hybridized carbons (Fsp3) is 0.125. The van der Waals surface area contributed by atoms with Gasteiger partial charge in [0.05, 0.1) is 0 Å². The van der Waals surface area contributed by atoms with Crippen LogP contribution in [0.1, 0.15) is 17.0 Å². The predicted octanol–water partition coefficient (Wildman–Crippen LogP) is 0.372. The van der Waals surface area contributed by atoms with Crippen molar-refractivity contribution in [3.63, 3.8) is 0 Å². The summed E-state index contributed by atoms with van der Waals surface area (Å²) >= 11 is 0. The van der Waals surface area contributed by atoms with Gasteiger partial charge in [0.1, 0.15) is 0 Å². The molecule has 0 aliphatic rings. The van der Waals surface area contributed by atoms with Gasteiger partial charge < -0.3 is 5.21 Å². The first kappa shape index (κ1) is 8.03. The van der Waals surface area contributed by atoms with Gasteiger partial charge >= 0.3 is 0 Å². The predicted molar refractivity (Wildman–Crippen MR) is 39.6 cm³/mol.